The Morgan fingerprint density at radius 2 is 2.03 bits per heavy atom. The number of anilines is 1. The summed E-state index contributed by atoms with van der Waals surface area (Å²) in [5, 5.41) is 3.45. The first-order chi connectivity index (χ1) is 14.1. The molecule has 148 valence electrons. The van der Waals surface area contributed by atoms with E-state index in [4.69, 9.17) is 4.74 Å². The van der Waals surface area contributed by atoms with Crippen molar-refractivity contribution in [2.45, 2.75) is 19.5 Å². The average Bonchev–Trinajstić information content (AvgIpc) is 3.15. The van der Waals surface area contributed by atoms with Crippen LogP contribution < -0.4 is 5.32 Å². The quantitative estimate of drug-likeness (QED) is 0.653. The lowest BCUT2D eigenvalue weighted by atomic mass is 10.1. The van der Waals surface area contributed by atoms with Crippen molar-refractivity contribution < 1.29 is 14.3 Å². The molecule has 0 radical (unpaired) electrons. The molecule has 1 aliphatic heterocycles. The van der Waals surface area contributed by atoms with Gasteiger partial charge in [-0.2, -0.15) is 0 Å². The van der Waals surface area contributed by atoms with Gasteiger partial charge >= 0.3 is 5.97 Å². The second-order valence-corrected chi connectivity index (χ2v) is 7.79. The minimum atomic E-state index is -0.330. The number of esters is 1. The Bertz CT molecular complexity index is 1020. The molecule has 1 aromatic carbocycles. The number of rotatable bonds is 5. The van der Waals surface area contributed by atoms with Crippen LogP contribution in [0.4, 0.5) is 5.13 Å². The van der Waals surface area contributed by atoms with E-state index in [0.29, 0.717) is 16.4 Å². The number of aromatic nitrogens is 2. The van der Waals surface area contributed by atoms with Gasteiger partial charge in [0.1, 0.15) is 5.69 Å². The maximum atomic E-state index is 12.3. The number of thiazole rings is 1. The lowest BCUT2D eigenvalue weighted by Gasteiger charge is -2.25. The monoisotopic (exact) mass is 408 g/mol. The van der Waals surface area contributed by atoms with Gasteiger partial charge in [0.15, 0.2) is 5.13 Å². The number of pyridine rings is 1. The highest BCUT2D eigenvalue weighted by Gasteiger charge is 2.22. The van der Waals surface area contributed by atoms with Crippen molar-refractivity contribution in [2.75, 3.05) is 19.0 Å². The van der Waals surface area contributed by atoms with E-state index in [2.05, 4.69) is 20.2 Å². The van der Waals surface area contributed by atoms with Crippen LogP contribution in [0.5, 0.6) is 0 Å². The van der Waals surface area contributed by atoms with Crippen molar-refractivity contribution in [1.29, 1.82) is 0 Å². The standard InChI is InChI=1S/C21H20N4O3S/c1-28-20(27)15-7-5-14(6-8-15)12-25-11-9-16-18(13-25)29-21(23-16)24-19(26)17-4-2-3-10-22-17/h2-8,10H,9,11-13H2,1H3,(H,23,24,26). The molecule has 1 aliphatic rings. The Morgan fingerprint density at radius 3 is 2.76 bits per heavy atom. The van der Waals surface area contributed by atoms with Crippen molar-refractivity contribution in [2.24, 2.45) is 0 Å². The van der Waals surface area contributed by atoms with Crippen molar-refractivity contribution in [3.8, 4) is 0 Å². The first-order valence-electron chi connectivity index (χ1n) is 9.23. The predicted octanol–water partition coefficient (Wildman–Crippen LogP) is 3.14. The normalized spacial score (nSPS) is 13.6. The van der Waals surface area contributed by atoms with Crippen LogP contribution in [0.25, 0.3) is 0 Å². The van der Waals surface area contributed by atoms with E-state index in [1.807, 2.05) is 12.1 Å². The van der Waals surface area contributed by atoms with Gasteiger partial charge in [0.05, 0.1) is 18.4 Å². The van der Waals surface area contributed by atoms with Crippen LogP contribution in [0.2, 0.25) is 0 Å². The minimum absolute atomic E-state index is 0.251. The number of carbonyl (C=O) groups is 2. The van der Waals surface area contributed by atoms with Crippen molar-refractivity contribution >= 4 is 28.3 Å². The second-order valence-electron chi connectivity index (χ2n) is 6.71. The molecule has 8 heteroatoms. The molecule has 1 N–H and O–H groups in total. The Balaban J connectivity index is 1.39. The zero-order valence-electron chi connectivity index (χ0n) is 15.9. The van der Waals surface area contributed by atoms with E-state index in [-0.39, 0.29) is 11.9 Å². The topological polar surface area (TPSA) is 84.4 Å². The van der Waals surface area contributed by atoms with E-state index in [9.17, 15) is 9.59 Å². The van der Waals surface area contributed by atoms with Gasteiger partial charge in [-0.05, 0) is 29.8 Å². The number of carbonyl (C=O) groups excluding carboxylic acids is 2. The fourth-order valence-corrected chi connectivity index (χ4v) is 4.26. The average molecular weight is 408 g/mol. The molecule has 29 heavy (non-hydrogen) atoms. The largest absolute Gasteiger partial charge is 0.465 e. The summed E-state index contributed by atoms with van der Waals surface area (Å²) < 4.78 is 4.73. The smallest absolute Gasteiger partial charge is 0.337 e. The Kier molecular flexibility index (Phi) is 5.64. The molecule has 3 heterocycles. The fourth-order valence-electron chi connectivity index (χ4n) is 3.22. The van der Waals surface area contributed by atoms with Gasteiger partial charge in [-0.3, -0.25) is 20.0 Å². The number of benzene rings is 1. The molecule has 0 fully saturated rings. The highest BCUT2D eigenvalue weighted by molar-refractivity contribution is 7.15. The lowest BCUT2D eigenvalue weighted by molar-refractivity contribution is 0.0600. The molecule has 0 bridgehead atoms. The van der Waals surface area contributed by atoms with Gasteiger partial charge in [0.2, 0.25) is 0 Å². The maximum Gasteiger partial charge on any atom is 0.337 e. The number of ether oxygens (including phenoxy) is 1. The third-order valence-electron chi connectivity index (χ3n) is 4.71. The van der Waals surface area contributed by atoms with Gasteiger partial charge in [-0.15, -0.1) is 11.3 Å². The predicted molar refractivity (Wildman–Crippen MR) is 110 cm³/mol. The number of nitrogens with zero attached hydrogens (tertiary/aromatic N) is 3. The Labute approximate surface area is 172 Å². The van der Waals surface area contributed by atoms with Crippen LogP contribution >= 0.6 is 11.3 Å². The van der Waals surface area contributed by atoms with Crippen LogP contribution in [-0.4, -0.2) is 40.4 Å². The molecule has 0 unspecified atom stereocenters. The van der Waals surface area contributed by atoms with E-state index in [1.54, 1.807) is 36.5 Å². The van der Waals surface area contributed by atoms with E-state index in [1.165, 1.54) is 23.3 Å². The van der Waals surface area contributed by atoms with Crippen LogP contribution in [0.3, 0.4) is 0 Å². The third-order valence-corrected chi connectivity index (χ3v) is 5.71. The number of amides is 1. The van der Waals surface area contributed by atoms with E-state index in [0.717, 1.165) is 37.3 Å². The number of hydrogen-bond donors (Lipinski definition) is 1. The van der Waals surface area contributed by atoms with E-state index >= 15 is 0 Å². The van der Waals surface area contributed by atoms with E-state index < -0.39 is 0 Å². The van der Waals surface area contributed by atoms with Gasteiger partial charge in [0, 0.05) is 37.1 Å². The molecule has 4 rings (SSSR count). The number of nitrogens with one attached hydrogen (secondary N) is 1. The number of hydrogen-bond acceptors (Lipinski definition) is 7. The minimum Gasteiger partial charge on any atom is -0.465 e. The van der Waals surface area contributed by atoms with Crippen LogP contribution in [-0.2, 0) is 24.2 Å². The van der Waals surface area contributed by atoms with Crippen molar-refractivity contribution in [1.82, 2.24) is 14.9 Å². The van der Waals surface area contributed by atoms with Crippen LogP contribution in [0, 0.1) is 0 Å². The molecule has 7 nitrogen and oxygen atoms in total. The lowest BCUT2D eigenvalue weighted by Crippen LogP contribution is -2.29. The summed E-state index contributed by atoms with van der Waals surface area (Å²) in [6.07, 6.45) is 2.43. The molecule has 0 spiro atoms. The Morgan fingerprint density at radius 1 is 1.21 bits per heavy atom. The third kappa shape index (κ3) is 4.49. The summed E-state index contributed by atoms with van der Waals surface area (Å²) in [7, 11) is 1.38. The molecule has 2 aromatic heterocycles. The summed E-state index contributed by atoms with van der Waals surface area (Å²) in [5.74, 6) is -0.580. The Hall–Kier alpha value is -3.10. The first kappa shape index (κ1) is 19.2. The maximum absolute atomic E-state index is 12.3. The summed E-state index contributed by atoms with van der Waals surface area (Å²) in [4.78, 5) is 36.0. The van der Waals surface area contributed by atoms with Crippen LogP contribution in [0.1, 0.15) is 37.0 Å². The van der Waals surface area contributed by atoms with Crippen molar-refractivity contribution in [3.63, 3.8) is 0 Å². The molecule has 0 atom stereocenters. The zero-order chi connectivity index (χ0) is 20.2. The highest BCUT2D eigenvalue weighted by atomic mass is 32.1. The first-order valence-corrected chi connectivity index (χ1v) is 10.0. The van der Waals surface area contributed by atoms with Crippen LogP contribution in [0.15, 0.2) is 48.7 Å². The fraction of sp³-hybridized carbons (Fsp3) is 0.238. The van der Waals surface area contributed by atoms with Gasteiger partial charge in [-0.25, -0.2) is 9.78 Å². The summed E-state index contributed by atoms with van der Waals surface area (Å²) in [6.45, 7) is 2.46. The highest BCUT2D eigenvalue weighted by Crippen LogP contribution is 2.29. The molecular weight excluding hydrogens is 388 g/mol. The van der Waals surface area contributed by atoms with Gasteiger partial charge in [-0.1, -0.05) is 18.2 Å². The summed E-state index contributed by atoms with van der Waals surface area (Å²) in [6, 6.07) is 12.7. The molecule has 0 saturated heterocycles. The number of fused-ring (bicyclic) bond motifs is 1. The molecule has 0 aliphatic carbocycles. The SMILES string of the molecule is COC(=O)c1ccc(CN2CCc3nc(NC(=O)c4ccccn4)sc3C2)cc1. The summed E-state index contributed by atoms with van der Waals surface area (Å²) in [5.41, 5.74) is 3.10. The number of methoxy groups -OCH3 is 1. The summed E-state index contributed by atoms with van der Waals surface area (Å²) >= 11 is 1.51. The molecular formula is C21H20N4O3S. The molecule has 0 saturated carbocycles. The zero-order valence-corrected chi connectivity index (χ0v) is 16.7. The van der Waals surface area contributed by atoms with Gasteiger partial charge < -0.3 is 4.74 Å². The van der Waals surface area contributed by atoms with Crippen molar-refractivity contribution in [3.05, 3.63) is 76.1 Å². The second kappa shape index (κ2) is 8.50. The molecule has 3 aromatic rings. The molecule has 1 amide bonds. The van der Waals surface area contributed by atoms with Gasteiger partial charge in [0.25, 0.3) is 5.91 Å².